The first-order valence-electron chi connectivity index (χ1n) is 12.8. The zero-order valence-corrected chi connectivity index (χ0v) is 21.9. The lowest BCUT2D eigenvalue weighted by molar-refractivity contribution is -0.119. The number of phenolic OH excluding ortho intramolecular Hbond substituents is 2. The third-order valence-electron chi connectivity index (χ3n) is 7.55. The molecule has 0 heterocycles. The number of phenols is 2. The molecule has 0 aromatic heterocycles. The number of allylic oxidation sites excluding steroid dienone is 4. The monoisotopic (exact) mass is 504 g/mol. The Labute approximate surface area is 218 Å². The predicted molar refractivity (Wildman–Crippen MR) is 142 cm³/mol. The van der Waals surface area contributed by atoms with Crippen LogP contribution in [-0.2, 0) is 9.59 Å². The summed E-state index contributed by atoms with van der Waals surface area (Å²) < 4.78 is 0. The standard InChI is InChI=1S/C31H36O6/c1-30(2)14-24(34)28(25(35)15-30)22(29-26(36)16-31(3,4)17-27(29)37)13-21(18-8-6-5-7-9-18)20-11-10-19(32)12-23(20)33/h5-12,21-22,32-34,36H,13-17H2,1-4H3. The molecule has 6 heteroatoms. The van der Waals surface area contributed by atoms with Crippen molar-refractivity contribution < 1.29 is 30.0 Å². The molecule has 4 rings (SSSR count). The summed E-state index contributed by atoms with van der Waals surface area (Å²) in [6.07, 6.45) is 1.19. The summed E-state index contributed by atoms with van der Waals surface area (Å²) in [5.41, 5.74) is 0.861. The molecule has 0 saturated heterocycles. The number of aromatic hydroxyl groups is 2. The Kier molecular flexibility index (Phi) is 6.97. The van der Waals surface area contributed by atoms with E-state index in [9.17, 15) is 30.0 Å². The highest BCUT2D eigenvalue weighted by atomic mass is 16.3. The lowest BCUT2D eigenvalue weighted by Crippen LogP contribution is -2.35. The van der Waals surface area contributed by atoms with Gasteiger partial charge >= 0.3 is 0 Å². The molecule has 0 spiro atoms. The van der Waals surface area contributed by atoms with E-state index in [1.54, 1.807) is 6.07 Å². The summed E-state index contributed by atoms with van der Waals surface area (Å²) in [5, 5.41) is 43.0. The van der Waals surface area contributed by atoms with Gasteiger partial charge in [-0.1, -0.05) is 64.1 Å². The van der Waals surface area contributed by atoms with Crippen LogP contribution in [-0.4, -0.2) is 32.0 Å². The average Bonchev–Trinajstić information content (AvgIpc) is 2.75. The van der Waals surface area contributed by atoms with Gasteiger partial charge in [0.05, 0.1) is 0 Å². The van der Waals surface area contributed by atoms with Gasteiger partial charge in [0.15, 0.2) is 11.6 Å². The van der Waals surface area contributed by atoms with Gasteiger partial charge < -0.3 is 20.4 Å². The number of aliphatic hydroxyl groups excluding tert-OH is 2. The lowest BCUT2D eigenvalue weighted by atomic mass is 9.66. The van der Waals surface area contributed by atoms with Crippen molar-refractivity contribution in [1.82, 2.24) is 0 Å². The van der Waals surface area contributed by atoms with E-state index in [1.165, 1.54) is 12.1 Å². The maximum absolute atomic E-state index is 13.5. The van der Waals surface area contributed by atoms with E-state index in [0.717, 1.165) is 5.56 Å². The van der Waals surface area contributed by atoms with Crippen molar-refractivity contribution in [3.05, 3.63) is 82.3 Å². The van der Waals surface area contributed by atoms with E-state index in [2.05, 4.69) is 0 Å². The molecule has 37 heavy (non-hydrogen) atoms. The second-order valence-corrected chi connectivity index (χ2v) is 12.1. The number of carbonyl (C=O) groups is 2. The fourth-order valence-corrected chi connectivity index (χ4v) is 5.96. The summed E-state index contributed by atoms with van der Waals surface area (Å²) in [4.78, 5) is 27.0. The van der Waals surface area contributed by atoms with Crippen molar-refractivity contribution in [3.63, 3.8) is 0 Å². The van der Waals surface area contributed by atoms with Crippen molar-refractivity contribution in [3.8, 4) is 11.5 Å². The zero-order valence-electron chi connectivity index (χ0n) is 21.9. The molecule has 0 saturated carbocycles. The number of carbonyl (C=O) groups excluding carboxylic acids is 2. The SMILES string of the molecule is CC1(C)CC(=O)C(C(CC(c2ccccc2)c2ccc(O)cc2O)C2=C(O)CC(C)(C)CC2=O)=C(O)C1. The molecule has 2 aliphatic carbocycles. The maximum atomic E-state index is 13.5. The Morgan fingerprint density at radius 3 is 1.68 bits per heavy atom. The lowest BCUT2D eigenvalue weighted by Gasteiger charge is -2.37. The van der Waals surface area contributed by atoms with Crippen LogP contribution in [0.3, 0.4) is 0 Å². The van der Waals surface area contributed by atoms with Crippen molar-refractivity contribution in [2.45, 2.75) is 65.7 Å². The van der Waals surface area contributed by atoms with Crippen LogP contribution >= 0.6 is 0 Å². The molecule has 0 amide bonds. The van der Waals surface area contributed by atoms with E-state index in [1.807, 2.05) is 58.0 Å². The Balaban J connectivity index is 1.91. The quantitative estimate of drug-likeness (QED) is 0.351. The molecule has 0 bridgehead atoms. The number of hydrogen-bond donors (Lipinski definition) is 4. The molecule has 2 aliphatic rings. The number of aliphatic hydroxyl groups is 2. The third-order valence-corrected chi connectivity index (χ3v) is 7.55. The Hall–Kier alpha value is -3.54. The van der Waals surface area contributed by atoms with Crippen LogP contribution in [0.2, 0.25) is 0 Å². The van der Waals surface area contributed by atoms with Gasteiger partial charge in [-0.05, 0) is 28.9 Å². The summed E-state index contributed by atoms with van der Waals surface area (Å²) in [6.45, 7) is 7.66. The molecule has 2 aromatic rings. The van der Waals surface area contributed by atoms with Gasteiger partial charge in [-0.15, -0.1) is 0 Å². The maximum Gasteiger partial charge on any atom is 0.163 e. The minimum atomic E-state index is -0.856. The van der Waals surface area contributed by atoms with Crippen LogP contribution in [0.1, 0.15) is 76.8 Å². The molecule has 196 valence electrons. The topological polar surface area (TPSA) is 115 Å². The smallest absolute Gasteiger partial charge is 0.163 e. The summed E-state index contributed by atoms with van der Waals surface area (Å²) in [5.74, 6) is -2.12. The minimum absolute atomic E-state index is 0.0501. The van der Waals surface area contributed by atoms with Crippen molar-refractivity contribution >= 4 is 11.6 Å². The first-order chi connectivity index (χ1) is 17.3. The Bertz CT molecular complexity index is 1230. The van der Waals surface area contributed by atoms with E-state index < -0.39 is 22.7 Å². The van der Waals surface area contributed by atoms with Crippen LogP contribution < -0.4 is 0 Å². The van der Waals surface area contributed by atoms with Gasteiger partial charge in [-0.25, -0.2) is 0 Å². The molecule has 1 atom stereocenters. The predicted octanol–water partition coefficient (Wildman–Crippen LogP) is 6.64. The number of rotatable bonds is 6. The van der Waals surface area contributed by atoms with Gasteiger partial charge in [0, 0.05) is 60.3 Å². The van der Waals surface area contributed by atoms with Crippen molar-refractivity contribution in [2.24, 2.45) is 16.7 Å². The van der Waals surface area contributed by atoms with Gasteiger partial charge in [-0.3, -0.25) is 9.59 Å². The Morgan fingerprint density at radius 2 is 1.22 bits per heavy atom. The normalized spacial score (nSPS) is 20.5. The minimum Gasteiger partial charge on any atom is -0.512 e. The summed E-state index contributed by atoms with van der Waals surface area (Å²) >= 11 is 0. The molecule has 0 aliphatic heterocycles. The van der Waals surface area contributed by atoms with E-state index in [0.29, 0.717) is 18.4 Å². The highest BCUT2D eigenvalue weighted by Gasteiger charge is 2.44. The largest absolute Gasteiger partial charge is 0.512 e. The molecule has 2 aromatic carbocycles. The second kappa shape index (κ2) is 9.73. The summed E-state index contributed by atoms with van der Waals surface area (Å²) in [7, 11) is 0. The number of Topliss-reactive ketones (excluding diaryl/α,β-unsaturated/α-hetero) is 2. The van der Waals surface area contributed by atoms with Crippen molar-refractivity contribution in [1.29, 1.82) is 0 Å². The molecule has 0 radical (unpaired) electrons. The first kappa shape index (κ1) is 26.5. The van der Waals surface area contributed by atoms with Crippen molar-refractivity contribution in [2.75, 3.05) is 0 Å². The van der Waals surface area contributed by atoms with Crippen LogP contribution in [0.25, 0.3) is 0 Å². The van der Waals surface area contributed by atoms with Crippen LogP contribution in [0, 0.1) is 16.7 Å². The van der Waals surface area contributed by atoms with E-state index in [-0.39, 0.29) is 65.0 Å². The first-order valence-corrected chi connectivity index (χ1v) is 12.8. The van der Waals surface area contributed by atoms with Gasteiger partial charge in [0.1, 0.15) is 23.0 Å². The summed E-state index contributed by atoms with van der Waals surface area (Å²) in [6, 6.07) is 13.8. The number of benzene rings is 2. The Morgan fingerprint density at radius 1 is 0.703 bits per heavy atom. The molecule has 6 nitrogen and oxygen atoms in total. The molecular formula is C31H36O6. The molecular weight excluding hydrogens is 468 g/mol. The van der Waals surface area contributed by atoms with Gasteiger partial charge in [-0.2, -0.15) is 0 Å². The second-order valence-electron chi connectivity index (χ2n) is 12.1. The third kappa shape index (κ3) is 5.58. The fourth-order valence-electron chi connectivity index (χ4n) is 5.96. The highest BCUT2D eigenvalue weighted by Crippen LogP contribution is 2.48. The fraction of sp³-hybridized carbons (Fsp3) is 0.419. The number of ketones is 2. The van der Waals surface area contributed by atoms with Gasteiger partial charge in [0.25, 0.3) is 0 Å². The molecule has 4 N–H and O–H groups in total. The highest BCUT2D eigenvalue weighted by molar-refractivity contribution is 6.03. The average molecular weight is 505 g/mol. The van der Waals surface area contributed by atoms with E-state index >= 15 is 0 Å². The molecule has 1 unspecified atom stereocenters. The van der Waals surface area contributed by atoms with Crippen LogP contribution in [0.15, 0.2) is 71.2 Å². The zero-order chi connectivity index (χ0) is 27.1. The van der Waals surface area contributed by atoms with Crippen LogP contribution in [0.5, 0.6) is 11.5 Å². The van der Waals surface area contributed by atoms with E-state index in [4.69, 9.17) is 0 Å². The number of hydrogen-bond acceptors (Lipinski definition) is 6. The van der Waals surface area contributed by atoms with Gasteiger partial charge in [0.2, 0.25) is 0 Å². The molecule has 0 fully saturated rings. The van der Waals surface area contributed by atoms with Crippen LogP contribution in [0.4, 0.5) is 0 Å².